The molecule has 4 heterocycles. The van der Waals surface area contributed by atoms with E-state index in [0.717, 1.165) is 31.7 Å². The van der Waals surface area contributed by atoms with Gasteiger partial charge >= 0.3 is 0 Å². The van der Waals surface area contributed by atoms with Gasteiger partial charge in [0.25, 0.3) is 0 Å². The van der Waals surface area contributed by atoms with Crippen LogP contribution in [0, 0.1) is 5.92 Å². The minimum absolute atomic E-state index is 0.00633. The molecule has 0 radical (unpaired) electrons. The first-order valence-electron chi connectivity index (χ1n) is 8.44. The van der Waals surface area contributed by atoms with E-state index in [9.17, 15) is 4.79 Å². The van der Waals surface area contributed by atoms with E-state index in [-0.39, 0.29) is 24.0 Å². The Hall–Kier alpha value is -1.50. The van der Waals surface area contributed by atoms with E-state index in [4.69, 9.17) is 9.47 Å². The molecule has 124 valence electrons. The minimum Gasteiger partial charge on any atom is -0.378 e. The Bertz CT molecular complexity index is 547. The second-order valence-corrected chi connectivity index (χ2v) is 6.59. The third kappa shape index (κ3) is 3.24. The van der Waals surface area contributed by atoms with Crippen LogP contribution in [0.3, 0.4) is 0 Å². The van der Waals surface area contributed by atoms with Crippen molar-refractivity contribution in [2.24, 2.45) is 5.92 Å². The van der Waals surface area contributed by atoms with Crippen LogP contribution in [0.4, 0.5) is 0 Å². The predicted octanol–water partition coefficient (Wildman–Crippen LogP) is 0.530. The zero-order valence-electron chi connectivity index (χ0n) is 13.3. The molecule has 3 fully saturated rings. The van der Waals surface area contributed by atoms with Crippen LogP contribution in [-0.2, 0) is 20.8 Å². The van der Waals surface area contributed by atoms with E-state index in [1.54, 1.807) is 0 Å². The molecule has 0 N–H and O–H groups in total. The smallest absolute Gasteiger partial charge is 0.228 e. The van der Waals surface area contributed by atoms with Crippen molar-refractivity contribution >= 4 is 5.91 Å². The van der Waals surface area contributed by atoms with Crippen molar-refractivity contribution in [3.8, 4) is 0 Å². The molecular weight excluding hydrogens is 294 g/mol. The number of carbonyl (C=O) groups excluding carboxylic acids is 1. The van der Waals surface area contributed by atoms with Crippen LogP contribution in [0.1, 0.15) is 12.1 Å². The van der Waals surface area contributed by atoms with E-state index in [2.05, 4.69) is 9.88 Å². The van der Waals surface area contributed by atoms with Gasteiger partial charge in [0.2, 0.25) is 5.91 Å². The summed E-state index contributed by atoms with van der Waals surface area (Å²) >= 11 is 0. The molecule has 1 aromatic heterocycles. The minimum atomic E-state index is 0.00633. The van der Waals surface area contributed by atoms with Gasteiger partial charge in [0.15, 0.2) is 0 Å². The highest BCUT2D eigenvalue weighted by Crippen LogP contribution is 2.33. The third-order valence-electron chi connectivity index (χ3n) is 4.98. The molecule has 1 aromatic rings. The summed E-state index contributed by atoms with van der Waals surface area (Å²) in [4.78, 5) is 21.5. The van der Waals surface area contributed by atoms with E-state index in [0.29, 0.717) is 26.3 Å². The van der Waals surface area contributed by atoms with Gasteiger partial charge in [-0.05, 0) is 18.6 Å². The summed E-state index contributed by atoms with van der Waals surface area (Å²) in [7, 11) is 0. The molecule has 3 atom stereocenters. The Kier molecular flexibility index (Phi) is 4.29. The second-order valence-electron chi connectivity index (χ2n) is 6.59. The zero-order valence-corrected chi connectivity index (χ0v) is 13.3. The number of pyridine rings is 1. The van der Waals surface area contributed by atoms with Crippen molar-refractivity contribution < 1.29 is 14.3 Å². The largest absolute Gasteiger partial charge is 0.378 e. The van der Waals surface area contributed by atoms with Crippen LogP contribution in [-0.4, -0.2) is 72.3 Å². The molecule has 0 saturated carbocycles. The van der Waals surface area contributed by atoms with Gasteiger partial charge in [0.1, 0.15) is 0 Å². The number of hydrogen-bond donors (Lipinski definition) is 0. The molecule has 3 aliphatic rings. The van der Waals surface area contributed by atoms with Crippen molar-refractivity contribution in [3.63, 3.8) is 0 Å². The first kappa shape index (κ1) is 15.1. The van der Waals surface area contributed by atoms with E-state index in [1.807, 2.05) is 29.3 Å². The number of rotatable bonds is 3. The normalized spacial score (nSPS) is 31.3. The summed E-state index contributed by atoms with van der Waals surface area (Å²) in [6.07, 6.45) is 2.87. The lowest BCUT2D eigenvalue weighted by atomic mass is 9.98. The molecule has 6 nitrogen and oxygen atoms in total. The molecule has 4 rings (SSSR count). The van der Waals surface area contributed by atoms with E-state index >= 15 is 0 Å². The summed E-state index contributed by atoms with van der Waals surface area (Å²) in [6.45, 7) is 5.26. The van der Waals surface area contributed by atoms with Crippen LogP contribution >= 0.6 is 0 Å². The van der Waals surface area contributed by atoms with Gasteiger partial charge in [-0.2, -0.15) is 0 Å². The molecule has 0 spiro atoms. The lowest BCUT2D eigenvalue weighted by molar-refractivity contribution is -0.142. The zero-order chi connectivity index (χ0) is 15.6. The van der Waals surface area contributed by atoms with Crippen LogP contribution < -0.4 is 0 Å². The molecular formula is C17H23N3O3. The van der Waals surface area contributed by atoms with Gasteiger partial charge in [0.05, 0.1) is 37.0 Å². The molecule has 2 bridgehead atoms. The quantitative estimate of drug-likeness (QED) is 0.814. The van der Waals surface area contributed by atoms with Crippen molar-refractivity contribution in [1.82, 2.24) is 14.8 Å². The monoisotopic (exact) mass is 317 g/mol. The molecule has 23 heavy (non-hydrogen) atoms. The second kappa shape index (κ2) is 6.55. The first-order valence-corrected chi connectivity index (χ1v) is 8.44. The number of morpholine rings is 2. The van der Waals surface area contributed by atoms with Gasteiger partial charge in [-0.3, -0.25) is 14.7 Å². The maximum atomic E-state index is 12.8. The van der Waals surface area contributed by atoms with Gasteiger partial charge in [-0.15, -0.1) is 0 Å². The Morgan fingerprint density at radius 1 is 1.26 bits per heavy atom. The maximum absolute atomic E-state index is 12.8. The average molecular weight is 317 g/mol. The van der Waals surface area contributed by atoms with Crippen molar-refractivity contribution in [1.29, 1.82) is 0 Å². The van der Waals surface area contributed by atoms with Crippen LogP contribution in [0.15, 0.2) is 24.4 Å². The molecule has 3 aliphatic heterocycles. The molecule has 6 heteroatoms. The SMILES string of the molecule is O=C(C1CC2CN(Cc3ccccn3)CC1O2)N1CCOCC1. The fourth-order valence-corrected chi connectivity index (χ4v) is 3.87. The number of fused-ring (bicyclic) bond motifs is 2. The standard InChI is InChI=1S/C17H23N3O3/c21-17(20-5-7-22-8-6-20)15-9-14-11-19(12-16(15)23-14)10-13-3-1-2-4-18-13/h1-4,14-16H,5-12H2. The van der Waals surface area contributed by atoms with Crippen LogP contribution in [0.25, 0.3) is 0 Å². The number of amides is 1. The first-order chi connectivity index (χ1) is 11.3. The maximum Gasteiger partial charge on any atom is 0.228 e. The van der Waals surface area contributed by atoms with Crippen LogP contribution in [0.5, 0.6) is 0 Å². The lowest BCUT2D eigenvalue weighted by Gasteiger charge is -2.34. The topological polar surface area (TPSA) is 54.9 Å². The summed E-state index contributed by atoms with van der Waals surface area (Å²) in [5, 5.41) is 0. The third-order valence-corrected chi connectivity index (χ3v) is 4.98. The Balaban J connectivity index is 1.39. The van der Waals surface area contributed by atoms with Gasteiger partial charge in [-0.25, -0.2) is 0 Å². The van der Waals surface area contributed by atoms with Gasteiger partial charge in [-0.1, -0.05) is 6.07 Å². The molecule has 0 aliphatic carbocycles. The Labute approximate surface area is 136 Å². The Morgan fingerprint density at radius 3 is 2.91 bits per heavy atom. The van der Waals surface area contributed by atoms with E-state index < -0.39 is 0 Å². The number of carbonyl (C=O) groups is 1. The molecule has 0 aromatic carbocycles. The number of ether oxygens (including phenoxy) is 2. The molecule has 3 saturated heterocycles. The van der Waals surface area contributed by atoms with Crippen molar-refractivity contribution in [3.05, 3.63) is 30.1 Å². The predicted molar refractivity (Wildman–Crippen MR) is 83.7 cm³/mol. The number of nitrogens with zero attached hydrogens (tertiary/aromatic N) is 3. The van der Waals surface area contributed by atoms with Crippen molar-refractivity contribution in [2.45, 2.75) is 25.2 Å². The lowest BCUT2D eigenvalue weighted by Crippen LogP contribution is -2.48. The highest BCUT2D eigenvalue weighted by atomic mass is 16.5. The number of aromatic nitrogens is 1. The molecule has 1 amide bonds. The average Bonchev–Trinajstić information content (AvgIpc) is 2.90. The number of likely N-dealkylation sites (tertiary alicyclic amines) is 1. The highest BCUT2D eigenvalue weighted by molar-refractivity contribution is 5.80. The number of hydrogen-bond acceptors (Lipinski definition) is 5. The fourth-order valence-electron chi connectivity index (χ4n) is 3.87. The Morgan fingerprint density at radius 2 is 2.13 bits per heavy atom. The summed E-state index contributed by atoms with van der Waals surface area (Å²) in [6, 6.07) is 6.00. The fraction of sp³-hybridized carbons (Fsp3) is 0.647. The summed E-state index contributed by atoms with van der Waals surface area (Å²) in [5.41, 5.74) is 1.07. The summed E-state index contributed by atoms with van der Waals surface area (Å²) < 4.78 is 11.4. The van der Waals surface area contributed by atoms with Gasteiger partial charge < -0.3 is 14.4 Å². The van der Waals surface area contributed by atoms with E-state index in [1.165, 1.54) is 0 Å². The summed E-state index contributed by atoms with van der Waals surface area (Å²) in [5.74, 6) is 0.257. The van der Waals surface area contributed by atoms with Crippen molar-refractivity contribution in [2.75, 3.05) is 39.4 Å². The van der Waals surface area contributed by atoms with Crippen LogP contribution in [0.2, 0.25) is 0 Å². The highest BCUT2D eigenvalue weighted by Gasteiger charge is 2.45. The molecule has 3 unspecified atom stereocenters. The van der Waals surface area contributed by atoms with Gasteiger partial charge in [0, 0.05) is 38.9 Å².